The molecule has 0 bridgehead atoms. The van der Waals surface area contributed by atoms with Gasteiger partial charge in [-0.25, -0.2) is 0 Å². The van der Waals surface area contributed by atoms with Crippen molar-refractivity contribution < 1.29 is 4.74 Å². The smallest absolute Gasteiger partial charge is 0.252 e. The number of fused-ring (bicyclic) bond motifs is 1. The molecule has 0 radical (unpaired) electrons. The molecule has 2 rings (SSSR count). The summed E-state index contributed by atoms with van der Waals surface area (Å²) in [5.41, 5.74) is 6.34. The van der Waals surface area contributed by atoms with Gasteiger partial charge in [0, 0.05) is 17.5 Å². The predicted molar refractivity (Wildman–Crippen MR) is 64.0 cm³/mol. The van der Waals surface area contributed by atoms with E-state index in [-0.39, 0.29) is 12.1 Å². The number of H-pyrrole nitrogens is 1. The lowest BCUT2D eigenvalue weighted by Crippen LogP contribution is -2.15. The molecule has 0 unspecified atom stereocenters. The molecule has 5 heteroatoms. The molecular formula is C11H11ClN2O2. The predicted octanol–water partition coefficient (Wildman–Crippen LogP) is 1.65. The first-order chi connectivity index (χ1) is 7.67. The third-order valence-corrected chi connectivity index (χ3v) is 2.76. The van der Waals surface area contributed by atoms with Crippen LogP contribution in [0.15, 0.2) is 23.0 Å². The number of hydrogen-bond acceptors (Lipinski definition) is 3. The number of nitrogens with one attached hydrogen (secondary N) is 1. The van der Waals surface area contributed by atoms with Gasteiger partial charge in [-0.1, -0.05) is 11.6 Å². The molecule has 4 nitrogen and oxygen atoms in total. The fourth-order valence-corrected chi connectivity index (χ4v) is 1.82. The van der Waals surface area contributed by atoms with E-state index in [0.29, 0.717) is 21.9 Å². The Morgan fingerprint density at radius 2 is 2.25 bits per heavy atom. The van der Waals surface area contributed by atoms with Crippen LogP contribution >= 0.6 is 11.6 Å². The van der Waals surface area contributed by atoms with Crippen LogP contribution in [-0.2, 0) is 6.54 Å². The average molecular weight is 239 g/mol. The van der Waals surface area contributed by atoms with Gasteiger partial charge in [0.25, 0.3) is 5.56 Å². The van der Waals surface area contributed by atoms with Crippen LogP contribution in [0.1, 0.15) is 5.56 Å². The lowest BCUT2D eigenvalue weighted by Gasteiger charge is -2.07. The highest BCUT2D eigenvalue weighted by Gasteiger charge is 2.08. The van der Waals surface area contributed by atoms with Gasteiger partial charge in [0.1, 0.15) is 5.75 Å². The molecule has 0 amide bonds. The third kappa shape index (κ3) is 1.66. The van der Waals surface area contributed by atoms with Crippen molar-refractivity contribution in [3.63, 3.8) is 0 Å². The van der Waals surface area contributed by atoms with Gasteiger partial charge in [-0.3, -0.25) is 4.79 Å². The van der Waals surface area contributed by atoms with E-state index in [1.165, 1.54) is 0 Å². The Balaban J connectivity index is 2.88. The maximum atomic E-state index is 11.6. The van der Waals surface area contributed by atoms with Gasteiger partial charge >= 0.3 is 0 Å². The van der Waals surface area contributed by atoms with E-state index in [2.05, 4.69) is 4.98 Å². The molecule has 0 aliphatic rings. The summed E-state index contributed by atoms with van der Waals surface area (Å²) >= 11 is 6.00. The van der Waals surface area contributed by atoms with Crippen LogP contribution in [0.5, 0.6) is 5.75 Å². The van der Waals surface area contributed by atoms with Gasteiger partial charge in [-0.05, 0) is 18.2 Å². The van der Waals surface area contributed by atoms with Crippen LogP contribution in [0, 0.1) is 0 Å². The number of ether oxygens (including phenoxy) is 1. The molecule has 0 atom stereocenters. The molecule has 0 saturated carbocycles. The van der Waals surface area contributed by atoms with Gasteiger partial charge in [0.2, 0.25) is 0 Å². The molecule has 1 heterocycles. The fourth-order valence-electron chi connectivity index (χ4n) is 1.61. The minimum atomic E-state index is -0.217. The number of aromatic amines is 1. The lowest BCUT2D eigenvalue weighted by molar-refractivity contribution is 0.419. The molecule has 3 N–H and O–H groups in total. The first-order valence-electron chi connectivity index (χ1n) is 4.76. The van der Waals surface area contributed by atoms with E-state index in [0.717, 1.165) is 5.39 Å². The lowest BCUT2D eigenvalue weighted by atomic mass is 10.1. The van der Waals surface area contributed by atoms with E-state index >= 15 is 0 Å². The first kappa shape index (κ1) is 11.0. The van der Waals surface area contributed by atoms with Crippen molar-refractivity contribution in [1.82, 2.24) is 4.98 Å². The fraction of sp³-hybridized carbons (Fsp3) is 0.182. The molecule has 0 spiro atoms. The van der Waals surface area contributed by atoms with Crippen LogP contribution in [0.25, 0.3) is 10.9 Å². The quantitative estimate of drug-likeness (QED) is 0.836. The van der Waals surface area contributed by atoms with Crippen molar-refractivity contribution in [2.24, 2.45) is 5.73 Å². The SMILES string of the molecule is COc1ccc(Cl)c2[nH]c(=O)c(CN)cc12. The van der Waals surface area contributed by atoms with Crippen LogP contribution in [0.4, 0.5) is 0 Å². The average Bonchev–Trinajstić information content (AvgIpc) is 2.30. The maximum Gasteiger partial charge on any atom is 0.252 e. The Morgan fingerprint density at radius 1 is 1.50 bits per heavy atom. The first-order valence-corrected chi connectivity index (χ1v) is 5.13. The van der Waals surface area contributed by atoms with Crippen molar-refractivity contribution in [3.8, 4) is 5.75 Å². The monoisotopic (exact) mass is 238 g/mol. The van der Waals surface area contributed by atoms with Crippen molar-refractivity contribution in [2.45, 2.75) is 6.54 Å². The maximum absolute atomic E-state index is 11.6. The summed E-state index contributed by atoms with van der Waals surface area (Å²) in [6.07, 6.45) is 0. The molecule has 2 aromatic rings. The molecule has 0 fully saturated rings. The highest BCUT2D eigenvalue weighted by atomic mass is 35.5. The number of aromatic nitrogens is 1. The Morgan fingerprint density at radius 3 is 2.88 bits per heavy atom. The largest absolute Gasteiger partial charge is 0.496 e. The Labute approximate surface area is 97.0 Å². The minimum Gasteiger partial charge on any atom is -0.496 e. The van der Waals surface area contributed by atoms with Gasteiger partial charge in [0.05, 0.1) is 17.6 Å². The van der Waals surface area contributed by atoms with E-state index in [4.69, 9.17) is 22.1 Å². The highest BCUT2D eigenvalue weighted by Crippen LogP contribution is 2.29. The van der Waals surface area contributed by atoms with E-state index in [9.17, 15) is 4.79 Å². The molecule has 0 aliphatic carbocycles. The molecule has 16 heavy (non-hydrogen) atoms. The minimum absolute atomic E-state index is 0.181. The number of methoxy groups -OCH3 is 1. The molecular weight excluding hydrogens is 228 g/mol. The van der Waals surface area contributed by atoms with Gasteiger partial charge in [-0.2, -0.15) is 0 Å². The van der Waals surface area contributed by atoms with Gasteiger partial charge in [0.15, 0.2) is 0 Å². The second-order valence-electron chi connectivity index (χ2n) is 3.37. The van der Waals surface area contributed by atoms with Crippen LogP contribution < -0.4 is 16.0 Å². The number of benzene rings is 1. The van der Waals surface area contributed by atoms with Crippen molar-refractivity contribution in [1.29, 1.82) is 0 Å². The summed E-state index contributed by atoms with van der Waals surface area (Å²) in [4.78, 5) is 14.3. The van der Waals surface area contributed by atoms with E-state index in [1.54, 1.807) is 25.3 Å². The second-order valence-corrected chi connectivity index (χ2v) is 3.77. The molecule has 84 valence electrons. The molecule has 1 aromatic carbocycles. The Bertz CT molecular complexity index is 592. The third-order valence-electron chi connectivity index (χ3n) is 2.44. The van der Waals surface area contributed by atoms with Crippen molar-refractivity contribution in [2.75, 3.05) is 7.11 Å². The zero-order chi connectivity index (χ0) is 11.7. The van der Waals surface area contributed by atoms with Crippen molar-refractivity contribution in [3.05, 3.63) is 39.1 Å². The van der Waals surface area contributed by atoms with Gasteiger partial charge in [-0.15, -0.1) is 0 Å². The molecule has 0 aliphatic heterocycles. The van der Waals surface area contributed by atoms with E-state index in [1.807, 2.05) is 0 Å². The number of rotatable bonds is 2. The van der Waals surface area contributed by atoms with Crippen molar-refractivity contribution >= 4 is 22.5 Å². The summed E-state index contributed by atoms with van der Waals surface area (Å²) in [7, 11) is 1.57. The highest BCUT2D eigenvalue weighted by molar-refractivity contribution is 6.35. The normalized spacial score (nSPS) is 10.7. The topological polar surface area (TPSA) is 68.1 Å². The summed E-state index contributed by atoms with van der Waals surface area (Å²) in [5.74, 6) is 0.658. The van der Waals surface area contributed by atoms with E-state index < -0.39 is 0 Å². The molecule has 1 aromatic heterocycles. The van der Waals surface area contributed by atoms with Crippen LogP contribution in [-0.4, -0.2) is 12.1 Å². The second kappa shape index (κ2) is 4.15. The molecule has 0 saturated heterocycles. The summed E-state index contributed by atoms with van der Waals surface area (Å²) < 4.78 is 5.20. The van der Waals surface area contributed by atoms with Crippen LogP contribution in [0.2, 0.25) is 5.02 Å². The Kier molecular flexibility index (Phi) is 2.85. The number of halogens is 1. The Hall–Kier alpha value is -1.52. The number of nitrogens with two attached hydrogens (primary N) is 1. The summed E-state index contributed by atoms with van der Waals surface area (Å²) in [5, 5.41) is 1.24. The number of hydrogen-bond donors (Lipinski definition) is 2. The zero-order valence-corrected chi connectivity index (χ0v) is 9.47. The summed E-state index contributed by atoms with van der Waals surface area (Å²) in [6.45, 7) is 0.181. The van der Waals surface area contributed by atoms with Gasteiger partial charge < -0.3 is 15.5 Å². The summed E-state index contributed by atoms with van der Waals surface area (Å²) in [6, 6.07) is 5.14. The van der Waals surface area contributed by atoms with Crippen LogP contribution in [0.3, 0.4) is 0 Å². The standard InChI is InChI=1S/C11H11ClN2O2/c1-16-9-3-2-8(12)10-7(9)4-6(5-13)11(15)14-10/h2-4H,5,13H2,1H3,(H,14,15). The number of pyridine rings is 1. The zero-order valence-electron chi connectivity index (χ0n) is 8.71.